The lowest BCUT2D eigenvalue weighted by Gasteiger charge is -2.28. The zero-order valence-electron chi connectivity index (χ0n) is 15.5. The van der Waals surface area contributed by atoms with E-state index in [9.17, 15) is 5.26 Å². The molecule has 28 heavy (non-hydrogen) atoms. The van der Waals surface area contributed by atoms with Gasteiger partial charge in [0.15, 0.2) is 12.2 Å². The molecular formula is C21H20N6O. The fourth-order valence-electron chi connectivity index (χ4n) is 3.69. The highest BCUT2D eigenvalue weighted by Gasteiger charge is 2.24. The van der Waals surface area contributed by atoms with Crippen LogP contribution in [0.1, 0.15) is 52.6 Å². The number of nitrogens with two attached hydrogens (primary N) is 1. The van der Waals surface area contributed by atoms with Gasteiger partial charge in [0.05, 0.1) is 23.5 Å². The van der Waals surface area contributed by atoms with Crippen LogP contribution < -0.4 is 11.1 Å². The fraction of sp³-hybridized carbons (Fsp3) is 0.238. The number of hydrogen-bond acceptors (Lipinski definition) is 7. The van der Waals surface area contributed by atoms with Crippen molar-refractivity contribution in [1.82, 2.24) is 9.97 Å². The van der Waals surface area contributed by atoms with Gasteiger partial charge in [0.1, 0.15) is 11.8 Å². The van der Waals surface area contributed by atoms with Gasteiger partial charge in [-0.2, -0.15) is 5.26 Å². The van der Waals surface area contributed by atoms with E-state index in [2.05, 4.69) is 21.4 Å². The van der Waals surface area contributed by atoms with Gasteiger partial charge in [0.2, 0.25) is 0 Å². The Morgan fingerprint density at radius 2 is 2.25 bits per heavy atom. The molecule has 0 spiro atoms. The summed E-state index contributed by atoms with van der Waals surface area (Å²) in [5.74, 6) is 0.369. The van der Waals surface area contributed by atoms with Crippen molar-refractivity contribution < 1.29 is 4.42 Å². The van der Waals surface area contributed by atoms with Gasteiger partial charge < -0.3 is 15.5 Å². The number of nitrogens with zero attached hydrogens (tertiary/aromatic N) is 3. The molecule has 2 aromatic heterocycles. The second-order valence-corrected chi connectivity index (χ2v) is 6.90. The Morgan fingerprint density at radius 3 is 3.00 bits per heavy atom. The fourth-order valence-corrected chi connectivity index (χ4v) is 3.69. The lowest BCUT2D eigenvalue weighted by atomic mass is 9.87. The molecule has 0 unspecified atom stereocenters. The maximum atomic E-state index is 9.26. The van der Waals surface area contributed by atoms with Gasteiger partial charge >= 0.3 is 0 Å². The third-order valence-electron chi connectivity index (χ3n) is 5.21. The number of aromatic nitrogens is 2. The average molecular weight is 372 g/mol. The topological polar surface area (TPSA) is 125 Å². The summed E-state index contributed by atoms with van der Waals surface area (Å²) in [5, 5.41) is 21.1. The maximum Gasteiger partial charge on any atom is 0.181 e. The third-order valence-corrected chi connectivity index (χ3v) is 5.21. The molecule has 0 bridgehead atoms. The number of fused-ring (bicyclic) bond motifs is 1. The number of oxazole rings is 1. The van der Waals surface area contributed by atoms with E-state index < -0.39 is 0 Å². The molecule has 7 nitrogen and oxygen atoms in total. The Kier molecular flexibility index (Phi) is 4.53. The van der Waals surface area contributed by atoms with Crippen molar-refractivity contribution in [3.63, 3.8) is 0 Å². The number of pyridine rings is 1. The molecule has 4 N–H and O–H groups in total. The molecule has 0 radical (unpaired) electrons. The first-order chi connectivity index (χ1) is 13.6. The van der Waals surface area contributed by atoms with Crippen LogP contribution in [0.15, 0.2) is 41.4 Å². The molecule has 1 aromatic carbocycles. The SMILES string of the molecule is Cc1c(C#N)cnc2c1CCC[C@H]2Nc1ccc(N)c(C(=N)c2cnco2)c1. The summed E-state index contributed by atoms with van der Waals surface area (Å²) >= 11 is 0. The largest absolute Gasteiger partial charge is 0.442 e. The van der Waals surface area contributed by atoms with E-state index in [1.165, 1.54) is 12.6 Å². The molecule has 2 heterocycles. The van der Waals surface area contributed by atoms with E-state index >= 15 is 0 Å². The van der Waals surface area contributed by atoms with Crippen molar-refractivity contribution in [3.05, 3.63) is 70.7 Å². The minimum atomic E-state index is 0.0473. The zero-order chi connectivity index (χ0) is 19.7. The summed E-state index contributed by atoms with van der Waals surface area (Å²) in [7, 11) is 0. The molecule has 0 saturated heterocycles. The summed E-state index contributed by atoms with van der Waals surface area (Å²) in [6.45, 7) is 1.99. The first kappa shape index (κ1) is 17.7. The molecule has 1 aliphatic rings. The highest BCUT2D eigenvalue weighted by Crippen LogP contribution is 2.34. The second-order valence-electron chi connectivity index (χ2n) is 6.90. The summed E-state index contributed by atoms with van der Waals surface area (Å²) in [4.78, 5) is 8.44. The van der Waals surface area contributed by atoms with Gasteiger partial charge in [0, 0.05) is 23.1 Å². The van der Waals surface area contributed by atoms with Crippen LogP contribution in [0.5, 0.6) is 0 Å². The first-order valence-electron chi connectivity index (χ1n) is 9.10. The first-order valence-corrected chi connectivity index (χ1v) is 9.10. The van der Waals surface area contributed by atoms with Gasteiger partial charge in [-0.15, -0.1) is 0 Å². The lowest BCUT2D eigenvalue weighted by molar-refractivity contribution is 0.548. The van der Waals surface area contributed by atoms with Crippen LogP contribution in [0.3, 0.4) is 0 Å². The molecule has 0 saturated carbocycles. The van der Waals surface area contributed by atoms with Crippen LogP contribution >= 0.6 is 0 Å². The Balaban J connectivity index is 1.65. The molecule has 140 valence electrons. The molecular weight excluding hydrogens is 352 g/mol. The number of anilines is 2. The van der Waals surface area contributed by atoms with Crippen molar-refractivity contribution in [3.8, 4) is 6.07 Å². The summed E-state index contributed by atoms with van der Waals surface area (Å²) < 4.78 is 5.23. The van der Waals surface area contributed by atoms with Crippen LogP contribution in [-0.4, -0.2) is 15.7 Å². The molecule has 0 fully saturated rings. The Labute approximate surface area is 162 Å². The maximum absolute atomic E-state index is 9.26. The van der Waals surface area contributed by atoms with E-state index in [0.29, 0.717) is 22.6 Å². The number of rotatable bonds is 4. The Hall–Kier alpha value is -3.66. The van der Waals surface area contributed by atoms with Crippen LogP contribution in [0.2, 0.25) is 0 Å². The average Bonchev–Trinajstić information content (AvgIpc) is 3.24. The smallest absolute Gasteiger partial charge is 0.181 e. The van der Waals surface area contributed by atoms with E-state index in [4.69, 9.17) is 15.6 Å². The molecule has 1 atom stereocenters. The highest BCUT2D eigenvalue weighted by atomic mass is 16.3. The second kappa shape index (κ2) is 7.16. The normalized spacial score (nSPS) is 15.5. The van der Waals surface area contributed by atoms with E-state index in [-0.39, 0.29) is 11.8 Å². The molecule has 4 rings (SSSR count). The van der Waals surface area contributed by atoms with Crippen LogP contribution in [0, 0.1) is 23.7 Å². The lowest BCUT2D eigenvalue weighted by Crippen LogP contribution is -2.20. The predicted molar refractivity (Wildman–Crippen MR) is 106 cm³/mol. The van der Waals surface area contributed by atoms with Crippen LogP contribution in [0.25, 0.3) is 0 Å². The van der Waals surface area contributed by atoms with Crippen molar-refractivity contribution >= 4 is 17.1 Å². The number of nitriles is 1. The van der Waals surface area contributed by atoms with Crippen molar-refractivity contribution in [1.29, 1.82) is 10.7 Å². The number of nitrogen functional groups attached to an aromatic ring is 1. The van der Waals surface area contributed by atoms with Gasteiger partial charge in [-0.3, -0.25) is 10.4 Å². The van der Waals surface area contributed by atoms with Crippen molar-refractivity contribution in [2.45, 2.75) is 32.2 Å². The molecule has 0 amide bonds. The summed E-state index contributed by atoms with van der Waals surface area (Å²) in [5.41, 5.74) is 12.0. The van der Waals surface area contributed by atoms with Crippen LogP contribution in [0.4, 0.5) is 11.4 Å². The summed E-state index contributed by atoms with van der Waals surface area (Å²) in [6.07, 6.45) is 7.36. The molecule has 0 aliphatic heterocycles. The van der Waals surface area contributed by atoms with Gasteiger partial charge in [-0.05, 0) is 55.5 Å². The minimum absolute atomic E-state index is 0.0473. The Morgan fingerprint density at radius 1 is 1.39 bits per heavy atom. The minimum Gasteiger partial charge on any atom is -0.442 e. The Bertz CT molecular complexity index is 1080. The quantitative estimate of drug-likeness (QED) is 0.473. The van der Waals surface area contributed by atoms with Crippen molar-refractivity contribution in [2.24, 2.45) is 0 Å². The van der Waals surface area contributed by atoms with E-state index in [1.807, 2.05) is 19.1 Å². The monoisotopic (exact) mass is 372 g/mol. The third kappa shape index (κ3) is 3.09. The number of benzene rings is 1. The zero-order valence-corrected chi connectivity index (χ0v) is 15.5. The number of nitrogens with one attached hydrogen (secondary N) is 2. The molecule has 3 aromatic rings. The van der Waals surface area contributed by atoms with E-state index in [1.54, 1.807) is 12.3 Å². The predicted octanol–water partition coefficient (Wildman–Crippen LogP) is 3.74. The number of hydrogen-bond donors (Lipinski definition) is 3. The van der Waals surface area contributed by atoms with Gasteiger partial charge in [-0.25, -0.2) is 4.98 Å². The highest BCUT2D eigenvalue weighted by molar-refractivity contribution is 6.12. The molecule has 7 heteroatoms. The van der Waals surface area contributed by atoms with Crippen LogP contribution in [-0.2, 0) is 6.42 Å². The molecule has 1 aliphatic carbocycles. The summed E-state index contributed by atoms with van der Waals surface area (Å²) in [6, 6.07) is 7.80. The van der Waals surface area contributed by atoms with Gasteiger partial charge in [-0.1, -0.05) is 0 Å². The van der Waals surface area contributed by atoms with Gasteiger partial charge in [0.25, 0.3) is 0 Å². The standard InChI is InChI=1S/C21H20N6O/c1-12-13(8-22)9-26-21-15(12)3-2-4-18(21)27-14-5-6-17(23)16(7-14)20(24)19-10-25-11-28-19/h5-7,9-11,18,24,27H,2-4,23H2,1H3/t18-/m1/s1. The van der Waals surface area contributed by atoms with E-state index in [0.717, 1.165) is 41.8 Å². The van der Waals surface area contributed by atoms with Crippen molar-refractivity contribution in [2.75, 3.05) is 11.1 Å².